The Labute approximate surface area is 139 Å². The largest absolute Gasteiger partial charge is 0.493 e. The van der Waals surface area contributed by atoms with E-state index in [4.69, 9.17) is 16.3 Å². The number of halogens is 1. The maximum atomic E-state index is 11.4. The number of rotatable bonds is 6. The second-order valence-corrected chi connectivity index (χ2v) is 5.36. The van der Waals surface area contributed by atoms with Crippen LogP contribution in [0.25, 0.3) is 5.57 Å². The minimum absolute atomic E-state index is 0.142. The molecule has 6 heteroatoms. The molecule has 0 aliphatic carbocycles. The summed E-state index contributed by atoms with van der Waals surface area (Å²) in [5.41, 5.74) is 2.65. The Morgan fingerprint density at radius 3 is 2.74 bits per heavy atom. The molecule has 0 radical (unpaired) electrons. The predicted octanol–water partition coefficient (Wildman–Crippen LogP) is 4.09. The number of ether oxygens (including phenoxy) is 1. The molecule has 23 heavy (non-hydrogen) atoms. The van der Waals surface area contributed by atoms with Gasteiger partial charge in [-0.3, -0.25) is 4.98 Å². The van der Waals surface area contributed by atoms with Gasteiger partial charge in [0.2, 0.25) is 0 Å². The van der Waals surface area contributed by atoms with Crippen LogP contribution in [0.5, 0.6) is 5.75 Å². The number of carboxylic acids is 1. The standard InChI is InChI=1S/C17H17ClN2O3/c1-10(2)13-8-7-11(17(21)22)15(20-13)9-19-14-6-4-5-12(18)16(14)23-3/h4-8,19H,1,9H2,2-3H3,(H,21,22). The van der Waals surface area contributed by atoms with Crippen molar-refractivity contribution in [2.75, 3.05) is 12.4 Å². The number of methoxy groups -OCH3 is 1. The lowest BCUT2D eigenvalue weighted by atomic mass is 10.1. The van der Waals surface area contributed by atoms with Crippen molar-refractivity contribution < 1.29 is 14.6 Å². The number of allylic oxidation sites excluding steroid dienone is 1. The van der Waals surface area contributed by atoms with Gasteiger partial charge in [0.05, 0.1) is 41.3 Å². The van der Waals surface area contributed by atoms with E-state index < -0.39 is 5.97 Å². The topological polar surface area (TPSA) is 71.5 Å². The van der Waals surface area contributed by atoms with Crippen LogP contribution in [0.2, 0.25) is 5.02 Å². The van der Waals surface area contributed by atoms with E-state index in [2.05, 4.69) is 16.9 Å². The predicted molar refractivity (Wildman–Crippen MR) is 91.2 cm³/mol. The summed E-state index contributed by atoms with van der Waals surface area (Å²) in [7, 11) is 1.52. The molecule has 2 N–H and O–H groups in total. The number of hydrogen-bond donors (Lipinski definition) is 2. The van der Waals surface area contributed by atoms with E-state index in [-0.39, 0.29) is 12.1 Å². The van der Waals surface area contributed by atoms with Gasteiger partial charge < -0.3 is 15.2 Å². The average molecular weight is 333 g/mol. The number of anilines is 1. The molecule has 1 heterocycles. The van der Waals surface area contributed by atoms with Gasteiger partial charge in [-0.25, -0.2) is 4.79 Å². The molecule has 0 fully saturated rings. The number of aromatic nitrogens is 1. The molecule has 0 aliphatic rings. The van der Waals surface area contributed by atoms with Crippen LogP contribution >= 0.6 is 11.6 Å². The molecule has 0 amide bonds. The molecular weight excluding hydrogens is 316 g/mol. The van der Waals surface area contributed by atoms with E-state index in [1.165, 1.54) is 13.2 Å². The lowest BCUT2D eigenvalue weighted by molar-refractivity contribution is 0.0695. The SMILES string of the molecule is C=C(C)c1ccc(C(=O)O)c(CNc2cccc(Cl)c2OC)n1. The summed E-state index contributed by atoms with van der Waals surface area (Å²) in [5, 5.41) is 12.9. The van der Waals surface area contributed by atoms with Gasteiger partial charge in [-0.2, -0.15) is 0 Å². The summed E-state index contributed by atoms with van der Waals surface area (Å²) in [6.45, 7) is 5.87. The smallest absolute Gasteiger partial charge is 0.337 e. The Bertz CT molecular complexity index is 759. The number of carboxylic acid groups (broad SMARTS) is 1. The Morgan fingerprint density at radius 1 is 1.39 bits per heavy atom. The number of hydrogen-bond acceptors (Lipinski definition) is 4. The molecule has 2 aromatic rings. The third kappa shape index (κ3) is 3.81. The Hall–Kier alpha value is -2.53. The van der Waals surface area contributed by atoms with Crippen LogP contribution in [0.1, 0.15) is 28.7 Å². The molecule has 120 valence electrons. The van der Waals surface area contributed by atoms with Crippen molar-refractivity contribution in [1.29, 1.82) is 0 Å². The van der Waals surface area contributed by atoms with Crippen molar-refractivity contribution in [1.82, 2.24) is 4.98 Å². The monoisotopic (exact) mass is 332 g/mol. The third-order valence-electron chi connectivity index (χ3n) is 3.26. The summed E-state index contributed by atoms with van der Waals surface area (Å²) in [5.74, 6) is -0.525. The van der Waals surface area contributed by atoms with Crippen LogP contribution in [0, 0.1) is 0 Å². The molecule has 0 saturated carbocycles. The van der Waals surface area contributed by atoms with E-state index in [1.807, 2.05) is 6.92 Å². The lowest BCUT2D eigenvalue weighted by Crippen LogP contribution is -2.11. The Kier molecular flexibility index (Phi) is 5.24. The molecule has 0 bridgehead atoms. The minimum Gasteiger partial charge on any atom is -0.493 e. The summed E-state index contributed by atoms with van der Waals surface area (Å²) >= 11 is 6.07. The van der Waals surface area contributed by atoms with E-state index >= 15 is 0 Å². The maximum absolute atomic E-state index is 11.4. The number of para-hydroxylation sites is 1. The van der Waals surface area contributed by atoms with Gasteiger partial charge in [0, 0.05) is 0 Å². The first-order valence-corrected chi connectivity index (χ1v) is 7.27. The van der Waals surface area contributed by atoms with E-state index in [0.717, 1.165) is 5.57 Å². The van der Waals surface area contributed by atoms with Crippen LogP contribution in [0.15, 0.2) is 36.9 Å². The normalized spacial score (nSPS) is 10.2. The fraction of sp³-hybridized carbons (Fsp3) is 0.176. The molecule has 1 aromatic heterocycles. The number of nitrogens with one attached hydrogen (secondary N) is 1. The van der Waals surface area contributed by atoms with Crippen molar-refractivity contribution >= 4 is 28.8 Å². The van der Waals surface area contributed by atoms with Crippen molar-refractivity contribution in [3.05, 3.63) is 58.9 Å². The number of benzene rings is 1. The summed E-state index contributed by atoms with van der Waals surface area (Å²) in [4.78, 5) is 15.7. The lowest BCUT2D eigenvalue weighted by Gasteiger charge is -2.14. The van der Waals surface area contributed by atoms with Crippen LogP contribution in [0.4, 0.5) is 5.69 Å². The highest BCUT2D eigenvalue weighted by atomic mass is 35.5. The van der Waals surface area contributed by atoms with Gasteiger partial charge in [0.1, 0.15) is 0 Å². The maximum Gasteiger partial charge on any atom is 0.337 e. The number of pyridine rings is 1. The highest BCUT2D eigenvalue weighted by molar-refractivity contribution is 6.32. The highest BCUT2D eigenvalue weighted by Crippen LogP contribution is 2.32. The first-order chi connectivity index (χ1) is 10.9. The second-order valence-electron chi connectivity index (χ2n) is 4.95. The number of aromatic carboxylic acids is 1. The summed E-state index contributed by atoms with van der Waals surface area (Å²) < 4.78 is 5.26. The highest BCUT2D eigenvalue weighted by Gasteiger charge is 2.14. The second kappa shape index (κ2) is 7.15. The van der Waals surface area contributed by atoms with E-state index in [0.29, 0.717) is 27.8 Å². The molecule has 0 spiro atoms. The minimum atomic E-state index is -1.03. The van der Waals surface area contributed by atoms with Crippen LogP contribution < -0.4 is 10.1 Å². The van der Waals surface area contributed by atoms with Crippen molar-refractivity contribution in [2.45, 2.75) is 13.5 Å². The Morgan fingerprint density at radius 2 is 2.13 bits per heavy atom. The zero-order valence-corrected chi connectivity index (χ0v) is 13.6. The van der Waals surface area contributed by atoms with Gasteiger partial charge in [0.25, 0.3) is 0 Å². The van der Waals surface area contributed by atoms with Crippen molar-refractivity contribution in [2.24, 2.45) is 0 Å². The van der Waals surface area contributed by atoms with Crippen LogP contribution in [-0.4, -0.2) is 23.2 Å². The number of nitrogens with zero attached hydrogens (tertiary/aromatic N) is 1. The molecule has 0 aliphatic heterocycles. The average Bonchev–Trinajstić information content (AvgIpc) is 2.52. The number of carbonyl (C=O) groups is 1. The fourth-order valence-corrected chi connectivity index (χ4v) is 2.35. The van der Waals surface area contributed by atoms with Gasteiger partial charge >= 0.3 is 5.97 Å². The third-order valence-corrected chi connectivity index (χ3v) is 3.56. The molecule has 5 nitrogen and oxygen atoms in total. The first kappa shape index (κ1) is 16.8. The van der Waals surface area contributed by atoms with Gasteiger partial charge in [0.15, 0.2) is 5.75 Å². The molecular formula is C17H17ClN2O3. The van der Waals surface area contributed by atoms with Gasteiger partial charge in [-0.1, -0.05) is 24.2 Å². The fourth-order valence-electron chi connectivity index (χ4n) is 2.10. The van der Waals surface area contributed by atoms with Crippen molar-refractivity contribution in [3.8, 4) is 5.75 Å². The van der Waals surface area contributed by atoms with Crippen LogP contribution in [-0.2, 0) is 6.54 Å². The zero-order chi connectivity index (χ0) is 17.0. The molecule has 1 aromatic carbocycles. The quantitative estimate of drug-likeness (QED) is 0.833. The van der Waals surface area contributed by atoms with E-state index in [1.54, 1.807) is 24.3 Å². The summed E-state index contributed by atoms with van der Waals surface area (Å²) in [6, 6.07) is 8.48. The molecule has 2 rings (SSSR count). The molecule has 0 unspecified atom stereocenters. The van der Waals surface area contributed by atoms with Crippen LogP contribution in [0.3, 0.4) is 0 Å². The van der Waals surface area contributed by atoms with Gasteiger partial charge in [-0.15, -0.1) is 0 Å². The van der Waals surface area contributed by atoms with Gasteiger partial charge in [-0.05, 0) is 36.8 Å². The molecule has 0 atom stereocenters. The first-order valence-electron chi connectivity index (χ1n) is 6.89. The van der Waals surface area contributed by atoms with Crippen molar-refractivity contribution in [3.63, 3.8) is 0 Å². The molecule has 0 saturated heterocycles. The zero-order valence-electron chi connectivity index (χ0n) is 12.9. The van der Waals surface area contributed by atoms with E-state index in [9.17, 15) is 9.90 Å². The summed E-state index contributed by atoms with van der Waals surface area (Å²) in [6.07, 6.45) is 0. The Balaban J connectivity index is 2.33.